The van der Waals surface area contributed by atoms with Crippen molar-refractivity contribution in [2.45, 2.75) is 43.5 Å². The fraction of sp³-hybridized carbons (Fsp3) is 0.632. The normalized spacial score (nSPS) is 21.1. The molecule has 0 aromatic heterocycles. The molecule has 0 atom stereocenters. The van der Waals surface area contributed by atoms with Crippen molar-refractivity contribution >= 4 is 11.6 Å². The standard InChI is InChI=1S/C19H25F3N2O3/c1-26-18(7-11-27-12-8-18)17(25)23-15-5-9-24(10-6-15)16-4-2-3-14(13-16)19(20,21)22/h2-4,13,15H,5-12H2,1H3,(H,23,25). The first-order chi connectivity index (χ1) is 12.8. The third-order valence-corrected chi connectivity index (χ3v) is 5.47. The van der Waals surface area contributed by atoms with Crippen LogP contribution in [0.15, 0.2) is 24.3 Å². The first-order valence-electron chi connectivity index (χ1n) is 9.20. The van der Waals surface area contributed by atoms with Crippen LogP contribution in [0.2, 0.25) is 0 Å². The van der Waals surface area contributed by atoms with Gasteiger partial charge in [-0.2, -0.15) is 13.2 Å². The number of hydrogen-bond donors (Lipinski definition) is 1. The molecule has 0 bridgehead atoms. The zero-order valence-corrected chi connectivity index (χ0v) is 15.3. The Bertz CT molecular complexity index is 652. The number of rotatable bonds is 4. The molecular formula is C19H25F3N2O3. The lowest BCUT2D eigenvalue weighted by Gasteiger charge is -2.38. The molecule has 0 radical (unpaired) electrons. The molecule has 0 aliphatic carbocycles. The molecular weight excluding hydrogens is 361 g/mol. The number of methoxy groups -OCH3 is 1. The summed E-state index contributed by atoms with van der Waals surface area (Å²) in [5.74, 6) is -0.120. The summed E-state index contributed by atoms with van der Waals surface area (Å²) in [6.45, 7) is 2.18. The quantitative estimate of drug-likeness (QED) is 0.865. The Hall–Kier alpha value is -1.80. The Labute approximate surface area is 156 Å². The topological polar surface area (TPSA) is 50.8 Å². The number of amides is 1. The highest BCUT2D eigenvalue weighted by atomic mass is 19.4. The third-order valence-electron chi connectivity index (χ3n) is 5.47. The van der Waals surface area contributed by atoms with Crippen molar-refractivity contribution in [3.05, 3.63) is 29.8 Å². The number of anilines is 1. The van der Waals surface area contributed by atoms with E-state index in [4.69, 9.17) is 9.47 Å². The second-order valence-corrected chi connectivity index (χ2v) is 7.09. The van der Waals surface area contributed by atoms with Gasteiger partial charge in [0.15, 0.2) is 5.60 Å². The molecule has 0 unspecified atom stereocenters. The van der Waals surface area contributed by atoms with Crippen LogP contribution in [0.25, 0.3) is 0 Å². The molecule has 2 saturated heterocycles. The third kappa shape index (κ3) is 4.55. The van der Waals surface area contributed by atoms with E-state index in [1.165, 1.54) is 12.1 Å². The SMILES string of the molecule is COC1(C(=O)NC2CCN(c3cccc(C(F)(F)F)c3)CC2)CCOCC1. The maximum Gasteiger partial charge on any atom is 0.416 e. The van der Waals surface area contributed by atoms with Gasteiger partial charge in [0, 0.05) is 58.0 Å². The van der Waals surface area contributed by atoms with Gasteiger partial charge in [0.2, 0.25) is 0 Å². The second kappa shape index (κ2) is 8.06. The van der Waals surface area contributed by atoms with Gasteiger partial charge in [-0.1, -0.05) is 6.07 Å². The summed E-state index contributed by atoms with van der Waals surface area (Å²) in [7, 11) is 1.54. The van der Waals surface area contributed by atoms with Crippen LogP contribution >= 0.6 is 0 Å². The minimum Gasteiger partial charge on any atom is -0.381 e. The van der Waals surface area contributed by atoms with Crippen molar-refractivity contribution in [1.29, 1.82) is 0 Å². The number of halogens is 3. The second-order valence-electron chi connectivity index (χ2n) is 7.09. The summed E-state index contributed by atoms with van der Waals surface area (Å²) in [6.07, 6.45) is -1.94. The summed E-state index contributed by atoms with van der Waals surface area (Å²) in [4.78, 5) is 14.6. The van der Waals surface area contributed by atoms with Gasteiger partial charge < -0.3 is 19.7 Å². The van der Waals surface area contributed by atoms with Gasteiger partial charge in [-0.3, -0.25) is 4.79 Å². The lowest BCUT2D eigenvalue weighted by molar-refractivity contribution is -0.156. The van der Waals surface area contributed by atoms with E-state index in [2.05, 4.69) is 5.32 Å². The van der Waals surface area contributed by atoms with Crippen molar-refractivity contribution in [3.8, 4) is 0 Å². The molecule has 5 nitrogen and oxygen atoms in total. The van der Waals surface area contributed by atoms with Crippen molar-refractivity contribution in [2.24, 2.45) is 0 Å². The lowest BCUT2D eigenvalue weighted by Crippen LogP contribution is -2.55. The van der Waals surface area contributed by atoms with Gasteiger partial charge in [0.05, 0.1) is 5.56 Å². The van der Waals surface area contributed by atoms with E-state index >= 15 is 0 Å². The number of alkyl halides is 3. The van der Waals surface area contributed by atoms with Gasteiger partial charge in [0.25, 0.3) is 5.91 Å². The fourth-order valence-corrected chi connectivity index (χ4v) is 3.70. The summed E-state index contributed by atoms with van der Waals surface area (Å²) in [5, 5.41) is 3.06. The summed E-state index contributed by atoms with van der Waals surface area (Å²) in [5.41, 5.74) is -0.916. The van der Waals surface area contributed by atoms with Crippen LogP contribution in [0.1, 0.15) is 31.2 Å². The van der Waals surface area contributed by atoms with E-state index in [0.717, 1.165) is 6.07 Å². The molecule has 2 heterocycles. The molecule has 2 fully saturated rings. The molecule has 2 aliphatic heterocycles. The number of carbonyl (C=O) groups is 1. The summed E-state index contributed by atoms with van der Waals surface area (Å²) < 4.78 is 49.5. The van der Waals surface area contributed by atoms with Crippen LogP contribution in [0, 0.1) is 0 Å². The Balaban J connectivity index is 1.57. The number of nitrogens with one attached hydrogen (secondary N) is 1. The lowest BCUT2D eigenvalue weighted by atomic mass is 9.92. The maximum absolute atomic E-state index is 12.9. The Morgan fingerprint density at radius 2 is 1.93 bits per heavy atom. The zero-order chi connectivity index (χ0) is 19.5. The largest absolute Gasteiger partial charge is 0.416 e. The average molecular weight is 386 g/mol. The number of benzene rings is 1. The minimum atomic E-state index is -4.35. The fourth-order valence-electron chi connectivity index (χ4n) is 3.70. The Kier molecular flexibility index (Phi) is 5.95. The maximum atomic E-state index is 12.9. The monoisotopic (exact) mass is 386 g/mol. The number of ether oxygens (including phenoxy) is 2. The van der Waals surface area contributed by atoms with Crippen LogP contribution in [-0.2, 0) is 20.4 Å². The molecule has 1 aromatic carbocycles. The van der Waals surface area contributed by atoms with E-state index in [-0.39, 0.29) is 11.9 Å². The van der Waals surface area contributed by atoms with Crippen LogP contribution in [0.5, 0.6) is 0 Å². The smallest absolute Gasteiger partial charge is 0.381 e. The number of nitrogens with zero attached hydrogens (tertiary/aromatic N) is 1. The highest BCUT2D eigenvalue weighted by Crippen LogP contribution is 2.32. The number of piperidine rings is 1. The molecule has 1 amide bonds. The zero-order valence-electron chi connectivity index (χ0n) is 15.3. The molecule has 27 heavy (non-hydrogen) atoms. The van der Waals surface area contributed by atoms with Crippen molar-refractivity contribution in [2.75, 3.05) is 38.3 Å². The number of carbonyl (C=O) groups excluding carboxylic acids is 1. The first-order valence-corrected chi connectivity index (χ1v) is 9.20. The molecule has 0 spiro atoms. The van der Waals surface area contributed by atoms with E-state index in [1.807, 2.05) is 4.90 Å². The van der Waals surface area contributed by atoms with E-state index in [9.17, 15) is 18.0 Å². The Morgan fingerprint density at radius 1 is 1.26 bits per heavy atom. The van der Waals surface area contributed by atoms with Gasteiger partial charge >= 0.3 is 6.18 Å². The van der Waals surface area contributed by atoms with E-state index < -0.39 is 17.3 Å². The summed E-state index contributed by atoms with van der Waals surface area (Å²) in [6, 6.07) is 5.37. The van der Waals surface area contributed by atoms with Gasteiger partial charge in [-0.25, -0.2) is 0 Å². The molecule has 8 heteroatoms. The van der Waals surface area contributed by atoms with Gasteiger partial charge in [-0.15, -0.1) is 0 Å². The highest BCUT2D eigenvalue weighted by Gasteiger charge is 2.41. The van der Waals surface area contributed by atoms with E-state index in [0.29, 0.717) is 57.7 Å². The molecule has 2 aliphatic rings. The first kappa shape index (κ1) is 19.9. The van der Waals surface area contributed by atoms with Gasteiger partial charge in [-0.05, 0) is 31.0 Å². The molecule has 1 aromatic rings. The number of hydrogen-bond acceptors (Lipinski definition) is 4. The average Bonchev–Trinajstić information content (AvgIpc) is 2.68. The van der Waals surface area contributed by atoms with Crippen LogP contribution < -0.4 is 10.2 Å². The van der Waals surface area contributed by atoms with Crippen LogP contribution in [-0.4, -0.2) is 51.0 Å². The van der Waals surface area contributed by atoms with Crippen LogP contribution in [0.4, 0.5) is 18.9 Å². The molecule has 3 rings (SSSR count). The predicted molar refractivity (Wildman–Crippen MR) is 94.6 cm³/mol. The van der Waals surface area contributed by atoms with Gasteiger partial charge in [0.1, 0.15) is 0 Å². The molecule has 1 N–H and O–H groups in total. The summed E-state index contributed by atoms with van der Waals surface area (Å²) >= 11 is 0. The Morgan fingerprint density at radius 3 is 2.52 bits per heavy atom. The predicted octanol–water partition coefficient (Wildman–Crippen LogP) is 2.99. The van der Waals surface area contributed by atoms with Crippen molar-refractivity contribution in [1.82, 2.24) is 5.32 Å². The van der Waals surface area contributed by atoms with Crippen LogP contribution in [0.3, 0.4) is 0 Å². The minimum absolute atomic E-state index is 0.00517. The van der Waals surface area contributed by atoms with E-state index in [1.54, 1.807) is 13.2 Å². The molecule has 150 valence electrons. The van der Waals surface area contributed by atoms with Crippen molar-refractivity contribution in [3.63, 3.8) is 0 Å². The molecule has 0 saturated carbocycles. The highest BCUT2D eigenvalue weighted by molar-refractivity contribution is 5.85. The van der Waals surface area contributed by atoms with Crippen molar-refractivity contribution < 1.29 is 27.4 Å².